The first-order valence-corrected chi connectivity index (χ1v) is 8.00. The van der Waals surface area contributed by atoms with Crippen molar-refractivity contribution in [3.05, 3.63) is 70.3 Å². The van der Waals surface area contributed by atoms with Crippen molar-refractivity contribution in [2.24, 2.45) is 0 Å². The molecule has 0 atom stereocenters. The largest absolute Gasteiger partial charge is 0.376 e. The number of ether oxygens (including phenoxy) is 1. The highest BCUT2D eigenvalue weighted by molar-refractivity contribution is 5.94. The third-order valence-corrected chi connectivity index (χ3v) is 4.63. The molecule has 0 saturated heterocycles. The van der Waals surface area contributed by atoms with Crippen molar-refractivity contribution < 1.29 is 9.53 Å². The van der Waals surface area contributed by atoms with Gasteiger partial charge in [0.2, 0.25) is 0 Å². The second-order valence-electron chi connectivity index (χ2n) is 6.57. The Hall–Kier alpha value is -2.13. The Morgan fingerprint density at radius 2 is 1.65 bits per heavy atom. The number of benzene rings is 2. The number of hydrogen-bond donors (Lipinski definition) is 1. The van der Waals surface area contributed by atoms with Gasteiger partial charge in [-0.25, -0.2) is 0 Å². The van der Waals surface area contributed by atoms with Gasteiger partial charge >= 0.3 is 0 Å². The Morgan fingerprint density at radius 3 is 2.17 bits per heavy atom. The van der Waals surface area contributed by atoms with Crippen LogP contribution in [0.3, 0.4) is 0 Å². The highest BCUT2D eigenvalue weighted by Gasteiger charge is 2.37. The lowest BCUT2D eigenvalue weighted by Gasteiger charge is -2.27. The van der Waals surface area contributed by atoms with E-state index in [1.165, 1.54) is 11.1 Å². The second kappa shape index (κ2) is 6.17. The average molecular weight is 309 g/mol. The van der Waals surface area contributed by atoms with E-state index in [4.69, 9.17) is 4.74 Å². The molecule has 0 bridgehead atoms. The normalized spacial score (nSPS) is 15.3. The molecule has 0 radical (unpaired) electrons. The van der Waals surface area contributed by atoms with Crippen LogP contribution in [0.1, 0.15) is 32.6 Å². The highest BCUT2D eigenvalue weighted by Crippen LogP contribution is 2.32. The summed E-state index contributed by atoms with van der Waals surface area (Å²) < 4.78 is 5.80. The van der Waals surface area contributed by atoms with Gasteiger partial charge in [0.15, 0.2) is 0 Å². The van der Waals surface area contributed by atoms with E-state index in [9.17, 15) is 4.79 Å². The number of nitrogens with one attached hydrogen (secondary N) is 1. The smallest absolute Gasteiger partial charge is 0.251 e. The molecule has 3 rings (SSSR count). The van der Waals surface area contributed by atoms with E-state index in [0.29, 0.717) is 12.1 Å². The van der Waals surface area contributed by atoms with Crippen molar-refractivity contribution in [1.82, 2.24) is 5.32 Å². The minimum Gasteiger partial charge on any atom is -0.376 e. The van der Waals surface area contributed by atoms with Gasteiger partial charge in [0.05, 0.1) is 5.60 Å². The SMILES string of the molecule is COC1(CNC(=O)c2cc(C)cc(C)c2)Cc2ccccc2C1. The molecule has 0 aromatic heterocycles. The lowest BCUT2D eigenvalue weighted by molar-refractivity contribution is 0.000176. The van der Waals surface area contributed by atoms with Crippen LogP contribution < -0.4 is 5.32 Å². The Balaban J connectivity index is 1.71. The van der Waals surface area contributed by atoms with E-state index in [-0.39, 0.29) is 11.5 Å². The van der Waals surface area contributed by atoms with Gasteiger partial charge in [0.1, 0.15) is 0 Å². The summed E-state index contributed by atoms with van der Waals surface area (Å²) >= 11 is 0. The van der Waals surface area contributed by atoms with E-state index >= 15 is 0 Å². The van der Waals surface area contributed by atoms with Gasteiger partial charge in [-0.15, -0.1) is 0 Å². The standard InChI is InChI=1S/C20H23NO2/c1-14-8-15(2)10-18(9-14)19(22)21-13-20(23-3)11-16-6-4-5-7-17(16)12-20/h4-10H,11-13H2,1-3H3,(H,21,22). The molecule has 1 aliphatic rings. The Morgan fingerprint density at radius 1 is 1.09 bits per heavy atom. The molecule has 0 heterocycles. The number of aryl methyl sites for hydroxylation is 2. The minimum atomic E-state index is -0.335. The number of fused-ring (bicyclic) bond motifs is 1. The molecular formula is C20H23NO2. The molecule has 3 heteroatoms. The average Bonchev–Trinajstić information content (AvgIpc) is 2.91. The summed E-state index contributed by atoms with van der Waals surface area (Å²) in [5, 5.41) is 3.06. The molecule has 0 unspecified atom stereocenters. The van der Waals surface area contributed by atoms with E-state index in [0.717, 1.165) is 24.0 Å². The molecule has 2 aromatic rings. The summed E-state index contributed by atoms with van der Waals surface area (Å²) in [6, 6.07) is 14.3. The van der Waals surface area contributed by atoms with Crippen molar-refractivity contribution in [1.29, 1.82) is 0 Å². The van der Waals surface area contributed by atoms with Gasteiger partial charge < -0.3 is 10.1 Å². The summed E-state index contributed by atoms with van der Waals surface area (Å²) in [5.74, 6) is -0.0378. The molecule has 1 aliphatic carbocycles. The monoisotopic (exact) mass is 309 g/mol. The van der Waals surface area contributed by atoms with Crippen molar-refractivity contribution in [3.63, 3.8) is 0 Å². The summed E-state index contributed by atoms with van der Waals surface area (Å²) in [6.07, 6.45) is 1.68. The molecule has 120 valence electrons. The fraction of sp³-hybridized carbons (Fsp3) is 0.350. The molecular weight excluding hydrogens is 286 g/mol. The number of carbonyl (C=O) groups is 1. The quantitative estimate of drug-likeness (QED) is 0.942. The lowest BCUT2D eigenvalue weighted by Crippen LogP contribution is -2.45. The van der Waals surface area contributed by atoms with Gasteiger partial charge in [-0.1, -0.05) is 41.5 Å². The molecule has 3 nitrogen and oxygen atoms in total. The van der Waals surface area contributed by atoms with Crippen LogP contribution in [0.25, 0.3) is 0 Å². The number of rotatable bonds is 4. The highest BCUT2D eigenvalue weighted by atomic mass is 16.5. The fourth-order valence-corrected chi connectivity index (χ4v) is 3.45. The van der Waals surface area contributed by atoms with Gasteiger partial charge in [-0.3, -0.25) is 4.79 Å². The number of hydrogen-bond acceptors (Lipinski definition) is 2. The van der Waals surface area contributed by atoms with Crippen LogP contribution in [0.15, 0.2) is 42.5 Å². The first-order valence-electron chi connectivity index (χ1n) is 8.00. The van der Waals surface area contributed by atoms with E-state index in [1.54, 1.807) is 7.11 Å². The number of methoxy groups -OCH3 is 1. The van der Waals surface area contributed by atoms with Crippen molar-refractivity contribution >= 4 is 5.91 Å². The zero-order valence-corrected chi connectivity index (χ0v) is 14.0. The van der Waals surface area contributed by atoms with Crippen LogP contribution in [-0.4, -0.2) is 25.2 Å². The molecule has 2 aromatic carbocycles. The maximum atomic E-state index is 12.5. The maximum absolute atomic E-state index is 12.5. The molecule has 0 spiro atoms. The number of carbonyl (C=O) groups excluding carboxylic acids is 1. The van der Waals surface area contributed by atoms with E-state index in [2.05, 4.69) is 35.6 Å². The molecule has 1 amide bonds. The fourth-order valence-electron chi connectivity index (χ4n) is 3.45. The van der Waals surface area contributed by atoms with Gasteiger partial charge in [0, 0.05) is 32.1 Å². The van der Waals surface area contributed by atoms with Crippen molar-refractivity contribution in [2.45, 2.75) is 32.3 Å². The molecule has 1 N–H and O–H groups in total. The zero-order chi connectivity index (χ0) is 16.4. The van der Waals surface area contributed by atoms with Gasteiger partial charge in [-0.05, 0) is 37.1 Å². The molecule has 0 aliphatic heterocycles. The Bertz CT molecular complexity index is 691. The van der Waals surface area contributed by atoms with Crippen LogP contribution in [0.5, 0.6) is 0 Å². The Labute approximate surface area is 137 Å². The Kier molecular flexibility index (Phi) is 4.22. The molecule has 0 fully saturated rings. The van der Waals surface area contributed by atoms with Crippen LogP contribution in [0.2, 0.25) is 0 Å². The summed E-state index contributed by atoms with van der Waals surface area (Å²) in [6.45, 7) is 4.53. The van der Waals surface area contributed by atoms with Crippen LogP contribution in [0.4, 0.5) is 0 Å². The van der Waals surface area contributed by atoms with Gasteiger partial charge in [-0.2, -0.15) is 0 Å². The predicted octanol–water partition coefficient (Wildman–Crippen LogP) is 3.22. The van der Waals surface area contributed by atoms with Crippen molar-refractivity contribution in [3.8, 4) is 0 Å². The predicted molar refractivity (Wildman–Crippen MR) is 91.8 cm³/mol. The van der Waals surface area contributed by atoms with Crippen LogP contribution >= 0.6 is 0 Å². The topological polar surface area (TPSA) is 38.3 Å². The third kappa shape index (κ3) is 3.30. The molecule has 0 saturated carbocycles. The van der Waals surface area contributed by atoms with E-state index in [1.807, 2.05) is 26.0 Å². The zero-order valence-electron chi connectivity index (χ0n) is 14.0. The molecule has 23 heavy (non-hydrogen) atoms. The summed E-state index contributed by atoms with van der Waals surface area (Å²) in [5.41, 5.74) is 5.21. The second-order valence-corrected chi connectivity index (χ2v) is 6.57. The lowest BCUT2D eigenvalue weighted by atomic mass is 9.99. The summed E-state index contributed by atoms with van der Waals surface area (Å²) in [4.78, 5) is 12.5. The third-order valence-electron chi connectivity index (χ3n) is 4.63. The van der Waals surface area contributed by atoms with E-state index < -0.39 is 0 Å². The first kappa shape index (κ1) is 15.8. The number of amides is 1. The minimum absolute atomic E-state index is 0.0378. The van der Waals surface area contributed by atoms with Gasteiger partial charge in [0.25, 0.3) is 5.91 Å². The van der Waals surface area contributed by atoms with Crippen LogP contribution in [-0.2, 0) is 17.6 Å². The van der Waals surface area contributed by atoms with Crippen LogP contribution in [0, 0.1) is 13.8 Å². The maximum Gasteiger partial charge on any atom is 0.251 e. The first-order chi connectivity index (χ1) is 11.0. The summed E-state index contributed by atoms with van der Waals surface area (Å²) in [7, 11) is 1.73. The van der Waals surface area contributed by atoms with Crippen molar-refractivity contribution in [2.75, 3.05) is 13.7 Å².